The first kappa shape index (κ1) is 14.5. The van der Waals surface area contributed by atoms with Crippen molar-refractivity contribution in [2.24, 2.45) is 11.8 Å². The van der Waals surface area contributed by atoms with Crippen LogP contribution in [0, 0.1) is 18.8 Å². The molecule has 0 spiro atoms. The Kier molecular flexibility index (Phi) is 4.21. The van der Waals surface area contributed by atoms with Crippen molar-refractivity contribution in [3.63, 3.8) is 0 Å². The summed E-state index contributed by atoms with van der Waals surface area (Å²) in [6, 6.07) is 1.76. The number of thiophene rings is 1. The van der Waals surface area contributed by atoms with E-state index in [9.17, 15) is 8.42 Å². The van der Waals surface area contributed by atoms with Crippen LogP contribution in [0.25, 0.3) is 0 Å². The molecule has 0 radical (unpaired) electrons. The van der Waals surface area contributed by atoms with Crippen LogP contribution in [0.2, 0.25) is 0 Å². The number of hydrogen-bond donors (Lipinski definition) is 1. The van der Waals surface area contributed by atoms with E-state index in [2.05, 4.69) is 34.5 Å². The van der Waals surface area contributed by atoms with Crippen molar-refractivity contribution in [2.75, 3.05) is 0 Å². The summed E-state index contributed by atoms with van der Waals surface area (Å²) in [5.41, 5.74) is 0. The highest BCUT2D eigenvalue weighted by atomic mass is 79.9. The second-order valence-electron chi connectivity index (χ2n) is 5.11. The Morgan fingerprint density at radius 3 is 2.50 bits per heavy atom. The van der Waals surface area contributed by atoms with E-state index < -0.39 is 10.0 Å². The van der Waals surface area contributed by atoms with Crippen molar-refractivity contribution in [2.45, 2.75) is 44.6 Å². The summed E-state index contributed by atoms with van der Waals surface area (Å²) in [5.74, 6) is 0.996. The first-order chi connectivity index (χ1) is 8.31. The molecule has 1 N–H and O–H groups in total. The Bertz CT molecular complexity index is 538. The smallest absolute Gasteiger partial charge is 0.208 e. The summed E-state index contributed by atoms with van der Waals surface area (Å²) in [6.45, 7) is 6.15. The van der Waals surface area contributed by atoms with Crippen LogP contribution >= 0.6 is 27.3 Å². The molecule has 0 bridgehead atoms. The zero-order chi connectivity index (χ0) is 13.5. The summed E-state index contributed by atoms with van der Waals surface area (Å²) < 4.78 is 28.4. The van der Waals surface area contributed by atoms with Gasteiger partial charge in [-0.3, -0.25) is 0 Å². The number of rotatable bonds is 3. The highest BCUT2D eigenvalue weighted by Crippen LogP contribution is 2.34. The summed E-state index contributed by atoms with van der Waals surface area (Å²) in [4.78, 5) is 1.24. The molecule has 1 aromatic rings. The Hall–Kier alpha value is 0.0900. The molecule has 1 fully saturated rings. The van der Waals surface area contributed by atoms with E-state index >= 15 is 0 Å². The van der Waals surface area contributed by atoms with Crippen LogP contribution in [0.1, 0.15) is 31.6 Å². The molecule has 2 rings (SSSR count). The largest absolute Gasteiger partial charge is 0.241 e. The molecule has 6 heteroatoms. The fourth-order valence-electron chi connectivity index (χ4n) is 2.49. The normalized spacial score (nSPS) is 28.8. The minimum atomic E-state index is -3.38. The van der Waals surface area contributed by atoms with Crippen molar-refractivity contribution >= 4 is 37.3 Å². The molecule has 1 saturated carbocycles. The molecule has 0 aliphatic heterocycles. The van der Waals surface area contributed by atoms with Gasteiger partial charge in [0.15, 0.2) is 0 Å². The van der Waals surface area contributed by atoms with Crippen molar-refractivity contribution in [1.29, 1.82) is 0 Å². The SMILES string of the molecule is Cc1sc(Br)cc1S(=O)(=O)NC1CCC(C)C1C. The van der Waals surface area contributed by atoms with E-state index in [1.54, 1.807) is 6.07 Å². The maximum Gasteiger partial charge on any atom is 0.241 e. The summed E-state index contributed by atoms with van der Waals surface area (Å²) in [7, 11) is -3.38. The van der Waals surface area contributed by atoms with Gasteiger partial charge in [0.25, 0.3) is 0 Å². The number of hydrogen-bond acceptors (Lipinski definition) is 3. The predicted molar refractivity (Wildman–Crippen MR) is 78.4 cm³/mol. The van der Waals surface area contributed by atoms with Crippen LogP contribution in [0.4, 0.5) is 0 Å². The van der Waals surface area contributed by atoms with E-state index in [0.717, 1.165) is 21.5 Å². The summed E-state index contributed by atoms with van der Waals surface area (Å²) in [5, 5.41) is 0. The lowest BCUT2D eigenvalue weighted by atomic mass is 9.98. The molecule has 1 aliphatic carbocycles. The molecule has 3 unspecified atom stereocenters. The lowest BCUT2D eigenvalue weighted by molar-refractivity contribution is 0.402. The highest BCUT2D eigenvalue weighted by molar-refractivity contribution is 9.11. The number of halogens is 1. The van der Waals surface area contributed by atoms with Gasteiger partial charge in [-0.2, -0.15) is 0 Å². The van der Waals surface area contributed by atoms with Crippen LogP contribution in [-0.2, 0) is 10.0 Å². The lowest BCUT2D eigenvalue weighted by Gasteiger charge is -2.19. The van der Waals surface area contributed by atoms with E-state index in [4.69, 9.17) is 0 Å². The summed E-state index contributed by atoms with van der Waals surface area (Å²) in [6.07, 6.45) is 2.03. The highest BCUT2D eigenvalue weighted by Gasteiger charge is 2.33. The van der Waals surface area contributed by atoms with E-state index in [1.165, 1.54) is 11.3 Å². The molecule has 1 aliphatic rings. The van der Waals surface area contributed by atoms with Crippen LogP contribution in [-0.4, -0.2) is 14.5 Å². The standard InChI is InChI=1S/C12H18BrNO2S2/c1-7-4-5-10(8(7)2)14-18(15,16)11-6-12(13)17-9(11)3/h6-8,10,14H,4-5H2,1-3H3. The lowest BCUT2D eigenvalue weighted by Crippen LogP contribution is -2.37. The molecule has 0 aromatic carbocycles. The van der Waals surface area contributed by atoms with Crippen molar-refractivity contribution in [3.05, 3.63) is 14.7 Å². The van der Waals surface area contributed by atoms with Gasteiger partial charge in [0, 0.05) is 10.9 Å². The molecular weight excluding hydrogens is 334 g/mol. The van der Waals surface area contributed by atoms with E-state index in [0.29, 0.717) is 16.7 Å². The average Bonchev–Trinajstić information content (AvgIpc) is 2.75. The zero-order valence-electron chi connectivity index (χ0n) is 10.7. The summed E-state index contributed by atoms with van der Waals surface area (Å²) >= 11 is 4.79. The molecule has 1 aromatic heterocycles. The third-order valence-electron chi connectivity index (χ3n) is 3.90. The van der Waals surface area contributed by atoms with Gasteiger partial charge >= 0.3 is 0 Å². The minimum absolute atomic E-state index is 0.0723. The average molecular weight is 352 g/mol. The second kappa shape index (κ2) is 5.23. The van der Waals surface area contributed by atoms with Crippen molar-refractivity contribution < 1.29 is 8.42 Å². The molecule has 3 nitrogen and oxygen atoms in total. The Labute approximate surface area is 121 Å². The van der Waals surface area contributed by atoms with E-state index in [1.807, 2.05) is 6.92 Å². The Balaban J connectivity index is 2.20. The zero-order valence-corrected chi connectivity index (χ0v) is 14.0. The third-order valence-corrected chi connectivity index (χ3v) is 7.20. The first-order valence-corrected chi connectivity index (χ1v) is 9.19. The quantitative estimate of drug-likeness (QED) is 0.905. The number of aryl methyl sites for hydroxylation is 1. The Morgan fingerprint density at radius 1 is 1.39 bits per heavy atom. The minimum Gasteiger partial charge on any atom is -0.208 e. The van der Waals surface area contributed by atoms with Gasteiger partial charge in [0.2, 0.25) is 10.0 Å². The van der Waals surface area contributed by atoms with Crippen molar-refractivity contribution in [1.82, 2.24) is 4.72 Å². The third kappa shape index (κ3) is 2.81. The van der Waals surface area contributed by atoms with Crippen LogP contribution < -0.4 is 4.72 Å². The van der Waals surface area contributed by atoms with Gasteiger partial charge in [-0.05, 0) is 53.6 Å². The maximum absolute atomic E-state index is 12.3. The topological polar surface area (TPSA) is 46.2 Å². The predicted octanol–water partition coefficient (Wildman–Crippen LogP) is 3.53. The van der Waals surface area contributed by atoms with Gasteiger partial charge in [-0.25, -0.2) is 13.1 Å². The molecule has 0 amide bonds. The fraction of sp³-hybridized carbons (Fsp3) is 0.667. The monoisotopic (exact) mass is 351 g/mol. The van der Waals surface area contributed by atoms with Crippen LogP contribution in [0.5, 0.6) is 0 Å². The molecule has 18 heavy (non-hydrogen) atoms. The second-order valence-corrected chi connectivity index (χ2v) is 9.43. The molecule has 0 saturated heterocycles. The van der Waals surface area contributed by atoms with Gasteiger partial charge in [-0.15, -0.1) is 11.3 Å². The van der Waals surface area contributed by atoms with Crippen LogP contribution in [0.15, 0.2) is 14.7 Å². The van der Waals surface area contributed by atoms with Crippen molar-refractivity contribution in [3.8, 4) is 0 Å². The van der Waals surface area contributed by atoms with Gasteiger partial charge in [-0.1, -0.05) is 13.8 Å². The molecular formula is C12H18BrNO2S2. The number of sulfonamides is 1. The van der Waals surface area contributed by atoms with Gasteiger partial charge in [0.1, 0.15) is 0 Å². The first-order valence-electron chi connectivity index (χ1n) is 6.09. The molecule has 3 atom stereocenters. The number of nitrogens with one attached hydrogen (secondary N) is 1. The Morgan fingerprint density at radius 2 is 2.06 bits per heavy atom. The fourth-order valence-corrected chi connectivity index (χ4v) is 6.27. The van der Waals surface area contributed by atoms with Crippen LogP contribution in [0.3, 0.4) is 0 Å². The maximum atomic E-state index is 12.3. The molecule has 1 heterocycles. The van der Waals surface area contributed by atoms with E-state index in [-0.39, 0.29) is 6.04 Å². The van der Waals surface area contributed by atoms with Gasteiger partial charge < -0.3 is 0 Å². The molecule has 102 valence electrons. The van der Waals surface area contributed by atoms with Gasteiger partial charge in [0.05, 0.1) is 8.68 Å².